The van der Waals surface area contributed by atoms with Gasteiger partial charge in [0, 0.05) is 34.6 Å². The van der Waals surface area contributed by atoms with E-state index in [4.69, 9.17) is 21.1 Å². The van der Waals surface area contributed by atoms with Crippen LogP contribution >= 0.6 is 11.6 Å². The highest BCUT2D eigenvalue weighted by Crippen LogP contribution is 2.30. The molecule has 1 aromatic heterocycles. The Morgan fingerprint density at radius 1 is 1.10 bits per heavy atom. The first-order chi connectivity index (χ1) is 13.9. The Morgan fingerprint density at radius 2 is 1.86 bits per heavy atom. The van der Waals surface area contributed by atoms with Crippen molar-refractivity contribution in [1.29, 1.82) is 0 Å². The molecule has 3 rings (SSSR count). The number of amides is 1. The van der Waals surface area contributed by atoms with Gasteiger partial charge in [-0.2, -0.15) is 0 Å². The Morgan fingerprint density at radius 3 is 2.55 bits per heavy atom. The first-order valence-corrected chi connectivity index (χ1v) is 8.97. The number of pyridine rings is 1. The second kappa shape index (κ2) is 8.79. The van der Waals surface area contributed by atoms with Crippen molar-refractivity contribution < 1.29 is 18.7 Å². The van der Waals surface area contributed by atoms with Gasteiger partial charge in [-0.3, -0.25) is 9.59 Å². The van der Waals surface area contributed by atoms with E-state index in [1.807, 2.05) is 0 Å². The lowest BCUT2D eigenvalue weighted by Crippen LogP contribution is -2.23. The number of aromatic nitrogens is 1. The van der Waals surface area contributed by atoms with Gasteiger partial charge in [0.25, 0.3) is 11.5 Å². The highest BCUT2D eigenvalue weighted by molar-refractivity contribution is 6.31. The van der Waals surface area contributed by atoms with Crippen molar-refractivity contribution >= 4 is 23.2 Å². The Kier molecular flexibility index (Phi) is 6.19. The maximum atomic E-state index is 14.0. The molecule has 0 aliphatic carbocycles. The van der Waals surface area contributed by atoms with E-state index in [2.05, 4.69) is 5.32 Å². The van der Waals surface area contributed by atoms with Crippen molar-refractivity contribution in [2.75, 3.05) is 19.5 Å². The third kappa shape index (κ3) is 4.57. The molecule has 0 aliphatic heterocycles. The van der Waals surface area contributed by atoms with Gasteiger partial charge in [-0.25, -0.2) is 4.39 Å². The number of methoxy groups -OCH3 is 2. The molecule has 2 aromatic carbocycles. The molecule has 3 aromatic rings. The molecule has 1 heterocycles. The van der Waals surface area contributed by atoms with E-state index in [-0.39, 0.29) is 28.3 Å². The minimum atomic E-state index is -0.524. The van der Waals surface area contributed by atoms with Gasteiger partial charge in [0.05, 0.1) is 26.3 Å². The Labute approximate surface area is 171 Å². The van der Waals surface area contributed by atoms with Crippen LogP contribution in [-0.2, 0) is 6.54 Å². The van der Waals surface area contributed by atoms with Crippen LogP contribution in [-0.4, -0.2) is 24.7 Å². The number of hydrogen-bond donors (Lipinski definition) is 1. The standard InChI is InChI=1S/C21H18ClFN2O4/c1-28-18-8-7-14(10-19(18)29-2)24-21(27)13-6-9-20(26)25(11-13)12-15-16(22)4-3-5-17(15)23/h3-11H,12H2,1-2H3,(H,24,27). The summed E-state index contributed by atoms with van der Waals surface area (Å²) in [6.45, 7) is -0.0954. The average molecular weight is 417 g/mol. The van der Waals surface area contributed by atoms with E-state index in [1.165, 1.54) is 49.2 Å². The number of nitrogens with zero attached hydrogens (tertiary/aromatic N) is 1. The summed E-state index contributed by atoms with van der Waals surface area (Å²) >= 11 is 6.04. The fourth-order valence-corrected chi connectivity index (χ4v) is 2.98. The molecule has 0 saturated carbocycles. The maximum Gasteiger partial charge on any atom is 0.257 e. The average Bonchev–Trinajstić information content (AvgIpc) is 2.71. The van der Waals surface area contributed by atoms with E-state index in [0.717, 1.165) is 0 Å². The highest BCUT2D eigenvalue weighted by atomic mass is 35.5. The minimum absolute atomic E-state index is 0.0954. The number of nitrogens with one attached hydrogen (secondary N) is 1. The van der Waals surface area contributed by atoms with Crippen molar-refractivity contribution in [2.24, 2.45) is 0 Å². The molecule has 8 heteroatoms. The van der Waals surface area contributed by atoms with E-state index in [0.29, 0.717) is 17.2 Å². The van der Waals surface area contributed by atoms with Crippen molar-refractivity contribution in [3.05, 3.63) is 87.0 Å². The van der Waals surface area contributed by atoms with Crippen LogP contribution in [0.5, 0.6) is 11.5 Å². The molecule has 150 valence electrons. The van der Waals surface area contributed by atoms with Gasteiger partial charge in [-0.15, -0.1) is 0 Å². The molecule has 1 amide bonds. The fraction of sp³-hybridized carbons (Fsp3) is 0.143. The zero-order valence-electron chi connectivity index (χ0n) is 15.7. The van der Waals surface area contributed by atoms with Gasteiger partial charge in [0.2, 0.25) is 0 Å². The molecule has 1 N–H and O–H groups in total. The van der Waals surface area contributed by atoms with Crippen LogP contribution < -0.4 is 20.3 Å². The van der Waals surface area contributed by atoms with Crippen molar-refractivity contribution in [3.8, 4) is 11.5 Å². The van der Waals surface area contributed by atoms with E-state index >= 15 is 0 Å². The number of benzene rings is 2. The number of halogens is 2. The summed E-state index contributed by atoms with van der Waals surface area (Å²) in [7, 11) is 3.01. The van der Waals surface area contributed by atoms with Crippen molar-refractivity contribution in [3.63, 3.8) is 0 Å². The quantitative estimate of drug-likeness (QED) is 0.660. The monoisotopic (exact) mass is 416 g/mol. The van der Waals surface area contributed by atoms with Crippen LogP contribution in [0.1, 0.15) is 15.9 Å². The molecule has 0 unspecified atom stereocenters. The summed E-state index contributed by atoms with van der Waals surface area (Å²) in [6, 6.07) is 11.9. The normalized spacial score (nSPS) is 10.5. The van der Waals surface area contributed by atoms with Crippen LogP contribution in [0.2, 0.25) is 5.02 Å². The number of carbonyl (C=O) groups excluding carboxylic acids is 1. The van der Waals surface area contributed by atoms with Gasteiger partial charge in [-0.05, 0) is 30.3 Å². The van der Waals surface area contributed by atoms with E-state index in [9.17, 15) is 14.0 Å². The summed E-state index contributed by atoms with van der Waals surface area (Å²) in [5.41, 5.74) is 0.509. The number of ether oxygens (including phenoxy) is 2. The second-order valence-corrected chi connectivity index (χ2v) is 6.52. The Balaban J connectivity index is 1.85. The van der Waals surface area contributed by atoms with Gasteiger partial charge in [0.1, 0.15) is 5.82 Å². The zero-order valence-corrected chi connectivity index (χ0v) is 16.5. The molecule has 0 saturated heterocycles. The third-order valence-electron chi connectivity index (χ3n) is 4.28. The molecule has 0 atom stereocenters. The van der Waals surface area contributed by atoms with Gasteiger partial charge < -0.3 is 19.4 Å². The lowest BCUT2D eigenvalue weighted by molar-refractivity contribution is 0.102. The molecular formula is C21H18ClFN2O4. The number of carbonyl (C=O) groups is 1. The topological polar surface area (TPSA) is 69.6 Å². The number of hydrogen-bond acceptors (Lipinski definition) is 4. The van der Waals surface area contributed by atoms with Crippen LogP contribution in [0, 0.1) is 5.82 Å². The summed E-state index contributed by atoms with van der Waals surface area (Å²) < 4.78 is 25.7. The lowest BCUT2D eigenvalue weighted by Gasteiger charge is -2.12. The van der Waals surface area contributed by atoms with E-state index < -0.39 is 11.7 Å². The summed E-state index contributed by atoms with van der Waals surface area (Å²) in [4.78, 5) is 24.8. The molecule has 0 radical (unpaired) electrons. The first kappa shape index (κ1) is 20.4. The Hall–Kier alpha value is -3.32. The molecule has 6 nitrogen and oxygen atoms in total. The van der Waals surface area contributed by atoms with Gasteiger partial charge in [0.15, 0.2) is 11.5 Å². The molecular weight excluding hydrogens is 399 g/mol. The molecule has 0 spiro atoms. The molecule has 29 heavy (non-hydrogen) atoms. The summed E-state index contributed by atoms with van der Waals surface area (Å²) in [6.07, 6.45) is 1.36. The van der Waals surface area contributed by atoms with Crippen LogP contribution in [0.3, 0.4) is 0 Å². The number of rotatable bonds is 6. The minimum Gasteiger partial charge on any atom is -0.493 e. The van der Waals surface area contributed by atoms with Crippen molar-refractivity contribution in [1.82, 2.24) is 4.57 Å². The van der Waals surface area contributed by atoms with Crippen LogP contribution in [0.15, 0.2) is 59.5 Å². The smallest absolute Gasteiger partial charge is 0.257 e. The zero-order chi connectivity index (χ0) is 21.0. The number of anilines is 1. The first-order valence-electron chi connectivity index (χ1n) is 8.59. The molecule has 0 fully saturated rings. The maximum absolute atomic E-state index is 14.0. The highest BCUT2D eigenvalue weighted by Gasteiger charge is 2.13. The molecule has 0 aliphatic rings. The second-order valence-electron chi connectivity index (χ2n) is 6.11. The van der Waals surface area contributed by atoms with E-state index in [1.54, 1.807) is 24.3 Å². The predicted molar refractivity (Wildman–Crippen MR) is 109 cm³/mol. The largest absolute Gasteiger partial charge is 0.493 e. The van der Waals surface area contributed by atoms with Crippen molar-refractivity contribution in [2.45, 2.75) is 6.54 Å². The Bertz CT molecular complexity index is 1090. The van der Waals surface area contributed by atoms with Crippen LogP contribution in [0.4, 0.5) is 10.1 Å². The summed E-state index contributed by atoms with van der Waals surface area (Å²) in [5, 5.41) is 2.93. The molecule has 0 bridgehead atoms. The van der Waals surface area contributed by atoms with Crippen LogP contribution in [0.25, 0.3) is 0 Å². The summed E-state index contributed by atoms with van der Waals surface area (Å²) in [5.74, 6) is 0.0282. The van der Waals surface area contributed by atoms with Gasteiger partial charge >= 0.3 is 0 Å². The SMILES string of the molecule is COc1ccc(NC(=O)c2ccc(=O)n(Cc3c(F)cccc3Cl)c2)cc1OC. The third-order valence-corrected chi connectivity index (χ3v) is 4.63. The fourth-order valence-electron chi connectivity index (χ4n) is 2.76. The lowest BCUT2D eigenvalue weighted by atomic mass is 10.2. The predicted octanol–water partition coefficient (Wildman–Crippen LogP) is 3.96. The van der Waals surface area contributed by atoms with Gasteiger partial charge in [-0.1, -0.05) is 17.7 Å².